The minimum absolute atomic E-state index is 0.108. The van der Waals surface area contributed by atoms with E-state index in [9.17, 15) is 13.6 Å². The summed E-state index contributed by atoms with van der Waals surface area (Å²) in [4.78, 5) is 14.6. The Morgan fingerprint density at radius 3 is 2.33 bits per heavy atom. The smallest absolute Gasteiger partial charge is 0.304 e. The quantitative estimate of drug-likeness (QED) is 0.904. The third kappa shape index (κ3) is 3.98. The van der Waals surface area contributed by atoms with E-state index in [1.165, 1.54) is 18.2 Å². The molecule has 1 fully saturated rings. The Kier molecular flexibility index (Phi) is 5.25. The van der Waals surface area contributed by atoms with Crippen molar-refractivity contribution in [2.45, 2.75) is 19.4 Å². The van der Waals surface area contributed by atoms with E-state index >= 15 is 0 Å². The Balaban J connectivity index is 1.94. The van der Waals surface area contributed by atoms with E-state index < -0.39 is 17.6 Å². The fourth-order valence-electron chi connectivity index (χ4n) is 2.72. The van der Waals surface area contributed by atoms with E-state index in [-0.39, 0.29) is 18.0 Å². The zero-order valence-corrected chi connectivity index (χ0v) is 12.1. The fraction of sp³-hybridized carbons (Fsp3) is 0.533. The Labute approximate surface area is 123 Å². The molecular weight excluding hydrogens is 278 g/mol. The van der Waals surface area contributed by atoms with Crippen molar-refractivity contribution < 1.29 is 18.7 Å². The van der Waals surface area contributed by atoms with Crippen LogP contribution in [0.3, 0.4) is 0 Å². The van der Waals surface area contributed by atoms with Crippen molar-refractivity contribution in [1.82, 2.24) is 9.80 Å². The van der Waals surface area contributed by atoms with Crippen LogP contribution in [-0.4, -0.2) is 53.6 Å². The van der Waals surface area contributed by atoms with Gasteiger partial charge in [-0.05, 0) is 19.1 Å². The van der Waals surface area contributed by atoms with Crippen LogP contribution < -0.4 is 0 Å². The van der Waals surface area contributed by atoms with Gasteiger partial charge in [0.15, 0.2) is 0 Å². The molecule has 6 heteroatoms. The Bertz CT molecular complexity index is 482. The van der Waals surface area contributed by atoms with Crippen molar-refractivity contribution in [2.24, 2.45) is 0 Å². The van der Waals surface area contributed by atoms with Crippen molar-refractivity contribution in [1.29, 1.82) is 0 Å². The summed E-state index contributed by atoms with van der Waals surface area (Å²) in [6.45, 7) is 5.10. The molecule has 0 saturated carbocycles. The highest BCUT2D eigenvalue weighted by Gasteiger charge is 2.25. The summed E-state index contributed by atoms with van der Waals surface area (Å²) in [6.07, 6.45) is 0.123. The molecule has 0 aromatic heterocycles. The molecular formula is C15H20F2N2O2. The van der Waals surface area contributed by atoms with Gasteiger partial charge in [-0.2, -0.15) is 0 Å². The first-order chi connectivity index (χ1) is 9.99. The summed E-state index contributed by atoms with van der Waals surface area (Å²) in [5.74, 6) is -1.84. The van der Waals surface area contributed by atoms with Crippen molar-refractivity contribution in [3.05, 3.63) is 35.4 Å². The number of piperazine rings is 1. The van der Waals surface area contributed by atoms with E-state index in [1.54, 1.807) is 6.92 Å². The second-order valence-electron chi connectivity index (χ2n) is 5.33. The largest absolute Gasteiger partial charge is 0.481 e. The van der Waals surface area contributed by atoms with Crippen LogP contribution in [0.1, 0.15) is 24.9 Å². The van der Waals surface area contributed by atoms with E-state index in [0.717, 1.165) is 0 Å². The molecule has 0 bridgehead atoms. The fourth-order valence-corrected chi connectivity index (χ4v) is 2.72. The number of carboxylic acid groups (broad SMARTS) is 1. The van der Waals surface area contributed by atoms with Crippen LogP contribution >= 0.6 is 0 Å². The van der Waals surface area contributed by atoms with E-state index in [0.29, 0.717) is 32.7 Å². The lowest BCUT2D eigenvalue weighted by Gasteiger charge is -2.38. The van der Waals surface area contributed by atoms with E-state index in [2.05, 4.69) is 4.90 Å². The van der Waals surface area contributed by atoms with Crippen LogP contribution in [0.15, 0.2) is 18.2 Å². The predicted octanol–water partition coefficient (Wildman–Crippen LogP) is 2.12. The Morgan fingerprint density at radius 1 is 1.24 bits per heavy atom. The van der Waals surface area contributed by atoms with Crippen molar-refractivity contribution in [3.63, 3.8) is 0 Å². The molecule has 1 heterocycles. The maximum Gasteiger partial charge on any atom is 0.304 e. The molecule has 116 valence electrons. The Hall–Kier alpha value is -1.53. The standard InChI is InChI=1S/C15H20F2N2O2/c1-11(15-12(16)3-2-4-13(15)17)19-9-7-18(8-10-19)6-5-14(20)21/h2-4,11H,5-10H2,1H3,(H,20,21). The van der Waals surface area contributed by atoms with Gasteiger partial charge < -0.3 is 10.0 Å². The normalized spacial score (nSPS) is 18.6. The molecule has 1 aromatic rings. The number of carbonyl (C=O) groups is 1. The average molecular weight is 298 g/mol. The number of rotatable bonds is 5. The maximum atomic E-state index is 13.8. The number of carboxylic acids is 1. The summed E-state index contributed by atoms with van der Waals surface area (Å²) in [5, 5.41) is 8.67. The molecule has 1 unspecified atom stereocenters. The average Bonchev–Trinajstić information content (AvgIpc) is 2.45. The number of nitrogens with zero attached hydrogens (tertiary/aromatic N) is 2. The molecule has 0 aliphatic carbocycles. The Morgan fingerprint density at radius 2 is 1.81 bits per heavy atom. The molecule has 1 aliphatic heterocycles. The highest BCUT2D eigenvalue weighted by atomic mass is 19.1. The van der Waals surface area contributed by atoms with Gasteiger partial charge in [0.2, 0.25) is 0 Å². The van der Waals surface area contributed by atoms with Gasteiger partial charge in [-0.1, -0.05) is 6.07 Å². The van der Waals surface area contributed by atoms with E-state index in [1.807, 2.05) is 4.90 Å². The number of hydrogen-bond donors (Lipinski definition) is 1. The lowest BCUT2D eigenvalue weighted by Crippen LogP contribution is -2.47. The highest BCUT2D eigenvalue weighted by molar-refractivity contribution is 5.66. The predicted molar refractivity (Wildman–Crippen MR) is 75.0 cm³/mol. The second-order valence-corrected chi connectivity index (χ2v) is 5.33. The molecule has 0 amide bonds. The molecule has 1 aliphatic rings. The van der Waals surface area contributed by atoms with Crippen LogP contribution in [0, 0.1) is 11.6 Å². The SMILES string of the molecule is CC(c1c(F)cccc1F)N1CCN(CCC(=O)O)CC1. The first-order valence-corrected chi connectivity index (χ1v) is 7.11. The molecule has 4 nitrogen and oxygen atoms in total. The topological polar surface area (TPSA) is 43.8 Å². The minimum atomic E-state index is -0.806. The van der Waals surface area contributed by atoms with Crippen LogP contribution in [-0.2, 0) is 4.79 Å². The third-order valence-electron chi connectivity index (χ3n) is 4.01. The molecule has 21 heavy (non-hydrogen) atoms. The van der Waals surface area contributed by atoms with Gasteiger partial charge in [0, 0.05) is 44.3 Å². The summed E-state index contributed by atoms with van der Waals surface area (Å²) in [7, 11) is 0. The number of hydrogen-bond acceptors (Lipinski definition) is 3. The lowest BCUT2D eigenvalue weighted by atomic mass is 10.0. The van der Waals surface area contributed by atoms with Gasteiger partial charge in [-0.25, -0.2) is 8.78 Å². The monoisotopic (exact) mass is 298 g/mol. The van der Waals surface area contributed by atoms with Crippen LogP contribution in [0.25, 0.3) is 0 Å². The summed E-state index contributed by atoms with van der Waals surface area (Å²) >= 11 is 0. The number of benzene rings is 1. The minimum Gasteiger partial charge on any atom is -0.481 e. The van der Waals surface area contributed by atoms with Crippen LogP contribution in [0.5, 0.6) is 0 Å². The molecule has 0 spiro atoms. The van der Waals surface area contributed by atoms with Crippen molar-refractivity contribution in [3.8, 4) is 0 Å². The first-order valence-electron chi connectivity index (χ1n) is 7.11. The van der Waals surface area contributed by atoms with Crippen molar-refractivity contribution >= 4 is 5.97 Å². The molecule has 0 radical (unpaired) electrons. The molecule has 1 atom stereocenters. The zero-order chi connectivity index (χ0) is 15.4. The van der Waals surface area contributed by atoms with Gasteiger partial charge in [-0.15, -0.1) is 0 Å². The summed E-state index contributed by atoms with van der Waals surface area (Å²) < 4.78 is 27.6. The third-order valence-corrected chi connectivity index (χ3v) is 4.01. The summed E-state index contributed by atoms with van der Waals surface area (Å²) in [6, 6.07) is 3.59. The number of halogens is 2. The van der Waals surface area contributed by atoms with Gasteiger partial charge in [0.25, 0.3) is 0 Å². The summed E-state index contributed by atoms with van der Waals surface area (Å²) in [5.41, 5.74) is 0.108. The first kappa shape index (κ1) is 15.9. The maximum absolute atomic E-state index is 13.8. The van der Waals surface area contributed by atoms with Gasteiger partial charge in [0.1, 0.15) is 11.6 Å². The molecule has 1 N–H and O–H groups in total. The lowest BCUT2D eigenvalue weighted by molar-refractivity contribution is -0.137. The highest BCUT2D eigenvalue weighted by Crippen LogP contribution is 2.26. The zero-order valence-electron chi connectivity index (χ0n) is 12.1. The molecule has 1 aromatic carbocycles. The van der Waals surface area contributed by atoms with E-state index in [4.69, 9.17) is 5.11 Å². The van der Waals surface area contributed by atoms with Gasteiger partial charge in [-0.3, -0.25) is 9.69 Å². The molecule has 2 rings (SSSR count). The van der Waals surface area contributed by atoms with Crippen LogP contribution in [0.4, 0.5) is 8.78 Å². The molecule has 1 saturated heterocycles. The van der Waals surface area contributed by atoms with Crippen molar-refractivity contribution in [2.75, 3.05) is 32.7 Å². The van der Waals surface area contributed by atoms with Gasteiger partial charge >= 0.3 is 5.97 Å². The second kappa shape index (κ2) is 6.95. The van der Waals surface area contributed by atoms with Gasteiger partial charge in [0.05, 0.1) is 6.42 Å². The van der Waals surface area contributed by atoms with Crippen LogP contribution in [0.2, 0.25) is 0 Å². The number of aliphatic carboxylic acids is 1.